The quantitative estimate of drug-likeness (QED) is 0.662. The number of benzene rings is 3. The van der Waals surface area contributed by atoms with E-state index in [2.05, 4.69) is 53.4 Å². The molecule has 0 aromatic heterocycles. The van der Waals surface area contributed by atoms with Crippen LogP contribution in [0, 0.1) is 11.8 Å². The first-order valence-corrected chi connectivity index (χ1v) is 10.8. The summed E-state index contributed by atoms with van der Waals surface area (Å²) >= 11 is 0. The van der Waals surface area contributed by atoms with Crippen molar-refractivity contribution in [2.75, 3.05) is 26.2 Å². The van der Waals surface area contributed by atoms with Crippen molar-refractivity contribution in [2.24, 2.45) is 11.8 Å². The molecule has 3 heteroatoms. The Morgan fingerprint density at radius 2 is 1.69 bits per heavy atom. The SMILES string of the molecule is O=C1c2ccccc2CN1CCN1CC2CC(c3ccc4ccccc4c3)C2C1. The third kappa shape index (κ3) is 2.87. The Morgan fingerprint density at radius 3 is 2.59 bits per heavy atom. The van der Waals surface area contributed by atoms with Crippen molar-refractivity contribution in [3.63, 3.8) is 0 Å². The topological polar surface area (TPSA) is 23.6 Å². The minimum atomic E-state index is 0.205. The molecule has 0 N–H and O–H groups in total. The molecule has 1 amide bonds. The fourth-order valence-electron chi connectivity index (χ4n) is 5.76. The number of hydrogen-bond acceptors (Lipinski definition) is 2. The van der Waals surface area contributed by atoms with Gasteiger partial charge in [0.15, 0.2) is 0 Å². The average molecular weight is 383 g/mol. The number of carbonyl (C=O) groups excluding carboxylic acids is 1. The Morgan fingerprint density at radius 1 is 0.862 bits per heavy atom. The molecule has 0 spiro atoms. The lowest BCUT2D eigenvalue weighted by atomic mass is 9.64. The summed E-state index contributed by atoms with van der Waals surface area (Å²) in [5.74, 6) is 2.52. The first-order chi connectivity index (χ1) is 14.3. The minimum absolute atomic E-state index is 0.205. The van der Waals surface area contributed by atoms with Crippen molar-refractivity contribution in [1.29, 1.82) is 0 Å². The Hall–Kier alpha value is -2.65. The second kappa shape index (κ2) is 6.70. The Balaban J connectivity index is 1.09. The molecular weight excluding hydrogens is 356 g/mol. The van der Waals surface area contributed by atoms with Crippen LogP contribution in [0.1, 0.15) is 33.8 Å². The van der Waals surface area contributed by atoms with Crippen LogP contribution in [-0.2, 0) is 6.54 Å². The molecule has 2 heterocycles. The molecule has 3 nitrogen and oxygen atoms in total. The molecule has 146 valence electrons. The zero-order valence-corrected chi connectivity index (χ0v) is 16.6. The largest absolute Gasteiger partial charge is 0.333 e. The van der Waals surface area contributed by atoms with E-state index in [1.54, 1.807) is 0 Å². The van der Waals surface area contributed by atoms with Crippen LogP contribution in [0.3, 0.4) is 0 Å². The molecule has 3 atom stereocenters. The van der Waals surface area contributed by atoms with Crippen LogP contribution < -0.4 is 0 Å². The molecule has 1 aliphatic carbocycles. The lowest BCUT2D eigenvalue weighted by molar-refractivity contribution is 0.0763. The zero-order valence-electron chi connectivity index (χ0n) is 16.6. The van der Waals surface area contributed by atoms with Gasteiger partial charge >= 0.3 is 0 Å². The van der Waals surface area contributed by atoms with Gasteiger partial charge in [-0.05, 0) is 52.1 Å². The third-order valence-corrected chi connectivity index (χ3v) is 7.42. The fraction of sp³-hybridized carbons (Fsp3) is 0.346. The second-order valence-electron chi connectivity index (χ2n) is 9.02. The number of carbonyl (C=O) groups is 1. The summed E-state index contributed by atoms with van der Waals surface area (Å²) in [5, 5.41) is 2.69. The number of rotatable bonds is 4. The molecule has 2 fully saturated rings. The molecule has 0 radical (unpaired) electrons. The molecule has 2 aliphatic heterocycles. The van der Waals surface area contributed by atoms with Gasteiger partial charge in [0.1, 0.15) is 0 Å². The van der Waals surface area contributed by atoms with Crippen molar-refractivity contribution in [1.82, 2.24) is 9.80 Å². The van der Waals surface area contributed by atoms with E-state index >= 15 is 0 Å². The molecule has 1 saturated heterocycles. The standard InChI is InChI=1S/C26H26N2O/c29-26-23-8-4-3-7-21(23)16-28(26)12-11-27-15-22-14-24(25(22)17-27)20-10-9-18-5-1-2-6-19(18)13-20/h1-10,13,22,24-25H,11-12,14-17H2. The van der Waals surface area contributed by atoms with Gasteiger partial charge in [-0.1, -0.05) is 60.7 Å². The average Bonchev–Trinajstić information content (AvgIpc) is 3.24. The highest BCUT2D eigenvalue weighted by molar-refractivity contribution is 5.98. The summed E-state index contributed by atoms with van der Waals surface area (Å²) in [6.45, 7) is 4.99. The molecular formula is C26H26N2O. The van der Waals surface area contributed by atoms with Crippen LogP contribution in [-0.4, -0.2) is 41.9 Å². The van der Waals surface area contributed by atoms with Crippen molar-refractivity contribution in [3.8, 4) is 0 Å². The highest BCUT2D eigenvalue weighted by Gasteiger charge is 2.47. The first-order valence-electron chi connectivity index (χ1n) is 10.8. The van der Waals surface area contributed by atoms with Gasteiger partial charge in [0.25, 0.3) is 5.91 Å². The zero-order chi connectivity index (χ0) is 19.4. The predicted molar refractivity (Wildman–Crippen MR) is 116 cm³/mol. The van der Waals surface area contributed by atoms with E-state index in [1.165, 1.54) is 41.4 Å². The van der Waals surface area contributed by atoms with Crippen LogP contribution in [0.15, 0.2) is 66.7 Å². The van der Waals surface area contributed by atoms with Crippen LogP contribution in [0.5, 0.6) is 0 Å². The minimum Gasteiger partial charge on any atom is -0.333 e. The van der Waals surface area contributed by atoms with Gasteiger partial charge < -0.3 is 9.80 Å². The lowest BCUT2D eigenvalue weighted by Gasteiger charge is -2.40. The van der Waals surface area contributed by atoms with E-state index < -0.39 is 0 Å². The normalized spacial score (nSPS) is 25.9. The van der Waals surface area contributed by atoms with E-state index in [9.17, 15) is 4.79 Å². The van der Waals surface area contributed by atoms with Crippen molar-refractivity contribution in [2.45, 2.75) is 18.9 Å². The molecule has 0 bridgehead atoms. The van der Waals surface area contributed by atoms with Gasteiger partial charge in [-0.2, -0.15) is 0 Å². The Labute approximate surface area is 171 Å². The summed E-state index contributed by atoms with van der Waals surface area (Å²) < 4.78 is 0. The van der Waals surface area contributed by atoms with Gasteiger partial charge in [-0.15, -0.1) is 0 Å². The van der Waals surface area contributed by atoms with E-state index in [4.69, 9.17) is 0 Å². The predicted octanol–water partition coefficient (Wildman–Crippen LogP) is 4.53. The second-order valence-corrected chi connectivity index (χ2v) is 9.02. The van der Waals surface area contributed by atoms with Crippen LogP contribution in [0.4, 0.5) is 0 Å². The molecule has 3 aromatic carbocycles. The third-order valence-electron chi connectivity index (χ3n) is 7.42. The maximum atomic E-state index is 12.6. The van der Waals surface area contributed by atoms with E-state index in [0.29, 0.717) is 5.92 Å². The van der Waals surface area contributed by atoms with Gasteiger partial charge in [-0.25, -0.2) is 0 Å². The Kier molecular flexibility index (Phi) is 3.98. The molecule has 3 aliphatic rings. The monoisotopic (exact) mass is 382 g/mol. The highest BCUT2D eigenvalue weighted by Crippen LogP contribution is 2.51. The van der Waals surface area contributed by atoms with Gasteiger partial charge in [0.05, 0.1) is 0 Å². The fourth-order valence-corrected chi connectivity index (χ4v) is 5.76. The molecule has 29 heavy (non-hydrogen) atoms. The number of hydrogen-bond donors (Lipinski definition) is 0. The number of nitrogens with zero attached hydrogens (tertiary/aromatic N) is 2. The maximum Gasteiger partial charge on any atom is 0.254 e. The van der Waals surface area contributed by atoms with Gasteiger partial charge in [0.2, 0.25) is 0 Å². The molecule has 6 rings (SSSR count). The van der Waals surface area contributed by atoms with Crippen molar-refractivity contribution < 1.29 is 4.79 Å². The summed E-state index contributed by atoms with van der Waals surface area (Å²) in [6, 6.07) is 23.7. The summed E-state index contributed by atoms with van der Waals surface area (Å²) in [4.78, 5) is 17.2. The summed E-state index contributed by atoms with van der Waals surface area (Å²) in [7, 11) is 0. The molecule has 3 aromatic rings. The van der Waals surface area contributed by atoms with Gasteiger partial charge in [0, 0.05) is 38.3 Å². The van der Waals surface area contributed by atoms with Crippen LogP contribution >= 0.6 is 0 Å². The van der Waals surface area contributed by atoms with Crippen molar-refractivity contribution >= 4 is 16.7 Å². The molecule has 3 unspecified atom stereocenters. The van der Waals surface area contributed by atoms with Gasteiger partial charge in [-0.3, -0.25) is 4.79 Å². The Bertz CT molecular complexity index is 1090. The van der Waals surface area contributed by atoms with E-state index in [1.807, 2.05) is 23.1 Å². The van der Waals surface area contributed by atoms with E-state index in [-0.39, 0.29) is 5.91 Å². The molecule has 1 saturated carbocycles. The van der Waals surface area contributed by atoms with E-state index in [0.717, 1.165) is 37.0 Å². The van der Waals surface area contributed by atoms with Crippen LogP contribution in [0.2, 0.25) is 0 Å². The van der Waals surface area contributed by atoms with Crippen molar-refractivity contribution in [3.05, 3.63) is 83.4 Å². The number of fused-ring (bicyclic) bond motifs is 3. The number of amides is 1. The maximum absolute atomic E-state index is 12.6. The summed E-state index contributed by atoms with van der Waals surface area (Å²) in [5.41, 5.74) is 3.58. The lowest BCUT2D eigenvalue weighted by Crippen LogP contribution is -2.34. The smallest absolute Gasteiger partial charge is 0.254 e. The number of likely N-dealkylation sites (tertiary alicyclic amines) is 1. The highest BCUT2D eigenvalue weighted by atomic mass is 16.2. The van der Waals surface area contributed by atoms with Crippen LogP contribution in [0.25, 0.3) is 10.8 Å². The summed E-state index contributed by atoms with van der Waals surface area (Å²) in [6.07, 6.45) is 1.31. The first kappa shape index (κ1) is 17.2.